The Bertz CT molecular complexity index is 1310. The van der Waals surface area contributed by atoms with E-state index in [9.17, 15) is 18.0 Å². The van der Waals surface area contributed by atoms with Crippen LogP contribution in [0.5, 0.6) is 0 Å². The van der Waals surface area contributed by atoms with Crippen molar-refractivity contribution < 1.29 is 18.0 Å². The summed E-state index contributed by atoms with van der Waals surface area (Å²) in [6.07, 6.45) is 0.288. The third kappa shape index (κ3) is 7.20. The third-order valence-electron chi connectivity index (χ3n) is 6.29. The van der Waals surface area contributed by atoms with E-state index in [1.807, 2.05) is 68.4 Å². The average molecular weight is 537 g/mol. The molecule has 0 aliphatic heterocycles. The van der Waals surface area contributed by atoms with E-state index in [2.05, 4.69) is 5.32 Å². The Morgan fingerprint density at radius 2 is 1.45 bits per heavy atom. The Morgan fingerprint density at radius 1 is 0.868 bits per heavy atom. The van der Waals surface area contributed by atoms with Crippen molar-refractivity contribution in [2.45, 2.75) is 32.9 Å². The van der Waals surface area contributed by atoms with Gasteiger partial charge in [-0.15, -0.1) is 0 Å². The van der Waals surface area contributed by atoms with E-state index >= 15 is 0 Å². The highest BCUT2D eigenvalue weighted by Crippen LogP contribution is 2.22. The van der Waals surface area contributed by atoms with Crippen molar-refractivity contribution in [2.24, 2.45) is 0 Å². The number of benzene rings is 3. The number of nitrogens with one attached hydrogen (secondary N) is 1. The Hall–Kier alpha value is -3.69. The topological polar surface area (TPSA) is 90.0 Å². The minimum atomic E-state index is -4.00. The summed E-state index contributed by atoms with van der Waals surface area (Å²) < 4.78 is 28.8. The van der Waals surface area contributed by atoms with Gasteiger partial charge in [0, 0.05) is 33.6 Å². The van der Waals surface area contributed by atoms with Crippen LogP contribution in [0.15, 0.2) is 84.9 Å². The van der Waals surface area contributed by atoms with Crippen LogP contribution in [0.3, 0.4) is 0 Å². The zero-order valence-corrected chi connectivity index (χ0v) is 23.2. The third-order valence-corrected chi connectivity index (χ3v) is 8.11. The molecule has 1 atom stereocenters. The highest BCUT2D eigenvalue weighted by Gasteiger charge is 2.34. The maximum atomic E-state index is 14.1. The monoisotopic (exact) mass is 536 g/mol. The van der Waals surface area contributed by atoms with E-state index in [1.165, 1.54) is 19.0 Å². The molecule has 3 aromatic rings. The number of nitrogens with zero attached hydrogens (tertiary/aromatic N) is 3. The SMILES string of the molecule is CCNC(=O)C(Cc1ccccc1)N(Cc1ccccc1C)C(=O)CN(c1ccccc1)S(=O)(=O)N(C)C. The molecular weight excluding hydrogens is 500 g/mol. The Balaban J connectivity index is 2.07. The van der Waals surface area contributed by atoms with Gasteiger partial charge >= 0.3 is 10.2 Å². The fourth-order valence-electron chi connectivity index (χ4n) is 4.13. The van der Waals surface area contributed by atoms with Crippen molar-refractivity contribution in [3.63, 3.8) is 0 Å². The Morgan fingerprint density at radius 3 is 2.03 bits per heavy atom. The number of likely N-dealkylation sites (N-methyl/N-ethyl adjacent to an activating group) is 1. The quantitative estimate of drug-likeness (QED) is 0.384. The van der Waals surface area contributed by atoms with Gasteiger partial charge in [-0.3, -0.25) is 9.59 Å². The molecule has 3 aromatic carbocycles. The van der Waals surface area contributed by atoms with Crippen LogP contribution in [0, 0.1) is 6.92 Å². The molecule has 1 N–H and O–H groups in total. The summed E-state index contributed by atoms with van der Waals surface area (Å²) in [4.78, 5) is 29.0. The number of aryl methyl sites for hydroxylation is 1. The second-order valence-electron chi connectivity index (χ2n) is 9.18. The van der Waals surface area contributed by atoms with Gasteiger partial charge in [-0.1, -0.05) is 72.8 Å². The zero-order chi connectivity index (χ0) is 27.7. The van der Waals surface area contributed by atoms with Crippen LogP contribution in [-0.2, 0) is 32.8 Å². The lowest BCUT2D eigenvalue weighted by molar-refractivity contribution is -0.140. The van der Waals surface area contributed by atoms with E-state index in [-0.39, 0.29) is 18.9 Å². The molecule has 2 amide bonds. The van der Waals surface area contributed by atoms with Crippen LogP contribution in [0.2, 0.25) is 0 Å². The van der Waals surface area contributed by atoms with E-state index in [4.69, 9.17) is 0 Å². The maximum absolute atomic E-state index is 14.1. The van der Waals surface area contributed by atoms with Crippen molar-refractivity contribution in [3.05, 3.63) is 102 Å². The first-order chi connectivity index (χ1) is 18.1. The normalized spacial score (nSPS) is 12.1. The van der Waals surface area contributed by atoms with Gasteiger partial charge in [-0.2, -0.15) is 12.7 Å². The summed E-state index contributed by atoms with van der Waals surface area (Å²) in [5.41, 5.74) is 3.11. The molecule has 0 aromatic heterocycles. The summed E-state index contributed by atoms with van der Waals surface area (Å²) in [5, 5.41) is 2.86. The fourth-order valence-corrected chi connectivity index (χ4v) is 5.18. The molecular formula is C29H36N4O4S. The number of hydrogen-bond acceptors (Lipinski definition) is 4. The smallest absolute Gasteiger partial charge is 0.304 e. The Labute approximate surface area is 226 Å². The molecule has 0 spiro atoms. The van der Waals surface area contributed by atoms with Gasteiger partial charge < -0.3 is 10.2 Å². The second kappa shape index (κ2) is 13.2. The molecule has 38 heavy (non-hydrogen) atoms. The highest BCUT2D eigenvalue weighted by molar-refractivity contribution is 7.90. The summed E-state index contributed by atoms with van der Waals surface area (Å²) in [5.74, 6) is -0.769. The molecule has 0 aliphatic carbocycles. The van der Waals surface area contributed by atoms with Crippen LogP contribution < -0.4 is 9.62 Å². The zero-order valence-electron chi connectivity index (χ0n) is 22.4. The molecule has 0 heterocycles. The number of amides is 2. The number of carbonyl (C=O) groups excluding carboxylic acids is 2. The molecule has 0 fully saturated rings. The summed E-state index contributed by atoms with van der Waals surface area (Å²) in [6, 6.07) is 24.8. The van der Waals surface area contributed by atoms with Crippen molar-refractivity contribution in [1.82, 2.24) is 14.5 Å². The van der Waals surface area contributed by atoms with Crippen LogP contribution in [0.4, 0.5) is 5.69 Å². The van der Waals surface area contributed by atoms with Crippen LogP contribution in [0.25, 0.3) is 0 Å². The largest absolute Gasteiger partial charge is 0.355 e. The van der Waals surface area contributed by atoms with E-state index in [0.29, 0.717) is 12.2 Å². The van der Waals surface area contributed by atoms with Crippen molar-refractivity contribution in [2.75, 3.05) is 31.5 Å². The number of anilines is 1. The fraction of sp³-hybridized carbons (Fsp3) is 0.310. The second-order valence-corrected chi connectivity index (χ2v) is 11.2. The molecule has 0 saturated carbocycles. The van der Waals surface area contributed by atoms with Gasteiger partial charge in [0.25, 0.3) is 0 Å². The lowest BCUT2D eigenvalue weighted by Gasteiger charge is -2.34. The summed E-state index contributed by atoms with van der Waals surface area (Å²) in [6.45, 7) is 3.88. The predicted molar refractivity (Wildman–Crippen MR) is 151 cm³/mol. The first kappa shape index (κ1) is 28.9. The van der Waals surface area contributed by atoms with Gasteiger partial charge in [0.1, 0.15) is 12.6 Å². The van der Waals surface area contributed by atoms with Crippen molar-refractivity contribution in [3.8, 4) is 0 Å². The van der Waals surface area contributed by atoms with Crippen molar-refractivity contribution >= 4 is 27.7 Å². The predicted octanol–water partition coefficient (Wildman–Crippen LogP) is 3.38. The lowest BCUT2D eigenvalue weighted by Crippen LogP contribution is -2.54. The Kier molecular flexibility index (Phi) is 10.0. The van der Waals surface area contributed by atoms with Crippen molar-refractivity contribution in [1.29, 1.82) is 0 Å². The minimum absolute atomic E-state index is 0.158. The molecule has 9 heteroatoms. The standard InChI is InChI=1S/C29H36N4O4S/c1-5-30-29(35)27(20-24-15-8-6-9-16-24)32(21-25-17-13-12-14-23(25)2)28(34)22-33(38(36,37)31(3)4)26-18-10-7-11-19-26/h6-19,27H,5,20-22H2,1-4H3,(H,30,35). The van der Waals surface area contributed by atoms with Gasteiger partial charge in [-0.25, -0.2) is 4.31 Å². The molecule has 3 rings (SSSR count). The van der Waals surface area contributed by atoms with Gasteiger partial charge in [0.15, 0.2) is 0 Å². The maximum Gasteiger partial charge on any atom is 0.304 e. The van der Waals surface area contributed by atoms with E-state index in [0.717, 1.165) is 25.3 Å². The van der Waals surface area contributed by atoms with Crippen LogP contribution in [-0.4, -0.2) is 62.7 Å². The van der Waals surface area contributed by atoms with Crippen LogP contribution in [0.1, 0.15) is 23.6 Å². The van der Waals surface area contributed by atoms with Gasteiger partial charge in [-0.05, 0) is 42.7 Å². The minimum Gasteiger partial charge on any atom is -0.355 e. The molecule has 8 nitrogen and oxygen atoms in total. The first-order valence-electron chi connectivity index (χ1n) is 12.6. The van der Waals surface area contributed by atoms with E-state index < -0.39 is 28.7 Å². The van der Waals surface area contributed by atoms with E-state index in [1.54, 1.807) is 30.3 Å². The molecule has 0 aliphatic rings. The first-order valence-corrected chi connectivity index (χ1v) is 14.0. The molecule has 1 unspecified atom stereocenters. The molecule has 0 bridgehead atoms. The average Bonchev–Trinajstić information content (AvgIpc) is 2.91. The number of hydrogen-bond donors (Lipinski definition) is 1. The number of para-hydroxylation sites is 1. The summed E-state index contributed by atoms with van der Waals surface area (Å²) >= 11 is 0. The molecule has 202 valence electrons. The number of rotatable bonds is 12. The lowest BCUT2D eigenvalue weighted by atomic mass is 10.0. The van der Waals surface area contributed by atoms with Gasteiger partial charge in [0.2, 0.25) is 11.8 Å². The van der Waals surface area contributed by atoms with Crippen LogP contribution >= 0.6 is 0 Å². The molecule has 0 radical (unpaired) electrons. The highest BCUT2D eigenvalue weighted by atomic mass is 32.2. The molecule has 0 saturated heterocycles. The summed E-state index contributed by atoms with van der Waals surface area (Å²) in [7, 11) is -1.15. The van der Waals surface area contributed by atoms with Gasteiger partial charge in [0.05, 0.1) is 5.69 Å². The number of carbonyl (C=O) groups is 2.